The quantitative estimate of drug-likeness (QED) is 0.610. The number of nitrogens with one attached hydrogen (secondary N) is 1. The van der Waals surface area contributed by atoms with Gasteiger partial charge in [0.2, 0.25) is 5.91 Å². The van der Waals surface area contributed by atoms with Crippen LogP contribution in [0.5, 0.6) is 0 Å². The molecule has 1 rings (SSSR count). The Bertz CT molecular complexity index is 186. The molecule has 4 nitrogen and oxygen atoms in total. The molecule has 74 valence electrons. The lowest BCUT2D eigenvalue weighted by molar-refractivity contribution is -0.127. The van der Waals surface area contributed by atoms with Gasteiger partial charge in [-0.25, -0.2) is 0 Å². The number of hydrogen-bond acceptors (Lipinski definition) is 3. The number of aldehydes is 1. The van der Waals surface area contributed by atoms with Gasteiger partial charge < -0.3 is 15.0 Å². The summed E-state index contributed by atoms with van der Waals surface area (Å²) in [6.45, 7) is 2.09. The van der Waals surface area contributed by atoms with Crippen LogP contribution in [0, 0.1) is 5.92 Å². The SMILES string of the molecule is CN1CCC(C(=O)NCC=O)CC1. The minimum absolute atomic E-state index is 0.0280. The highest BCUT2D eigenvalue weighted by atomic mass is 16.2. The predicted molar refractivity (Wildman–Crippen MR) is 49.3 cm³/mol. The highest BCUT2D eigenvalue weighted by Crippen LogP contribution is 2.15. The lowest BCUT2D eigenvalue weighted by atomic mass is 9.96. The Kier molecular flexibility index (Phi) is 3.89. The third-order valence-electron chi connectivity index (χ3n) is 2.45. The van der Waals surface area contributed by atoms with Crippen LogP contribution in [0.4, 0.5) is 0 Å². The molecule has 1 amide bonds. The zero-order chi connectivity index (χ0) is 9.68. The first kappa shape index (κ1) is 10.2. The van der Waals surface area contributed by atoms with Crippen molar-refractivity contribution < 1.29 is 9.59 Å². The van der Waals surface area contributed by atoms with E-state index in [0.717, 1.165) is 25.9 Å². The third-order valence-corrected chi connectivity index (χ3v) is 2.45. The fourth-order valence-corrected chi connectivity index (χ4v) is 1.56. The number of amides is 1. The van der Waals surface area contributed by atoms with E-state index in [-0.39, 0.29) is 18.4 Å². The fraction of sp³-hybridized carbons (Fsp3) is 0.778. The van der Waals surface area contributed by atoms with E-state index >= 15 is 0 Å². The molecule has 0 aromatic carbocycles. The summed E-state index contributed by atoms with van der Waals surface area (Å²) in [6, 6.07) is 0. The summed E-state index contributed by atoms with van der Waals surface area (Å²) in [6.07, 6.45) is 2.52. The van der Waals surface area contributed by atoms with Gasteiger partial charge in [-0.05, 0) is 33.0 Å². The Hall–Kier alpha value is -0.900. The molecule has 1 saturated heterocycles. The van der Waals surface area contributed by atoms with Crippen molar-refractivity contribution >= 4 is 12.2 Å². The van der Waals surface area contributed by atoms with Gasteiger partial charge in [0.1, 0.15) is 6.29 Å². The maximum absolute atomic E-state index is 11.4. The number of carbonyl (C=O) groups is 2. The molecule has 0 atom stereocenters. The number of nitrogens with zero attached hydrogens (tertiary/aromatic N) is 1. The Labute approximate surface area is 78.3 Å². The van der Waals surface area contributed by atoms with E-state index < -0.39 is 0 Å². The largest absolute Gasteiger partial charge is 0.349 e. The molecule has 0 aromatic rings. The molecule has 0 bridgehead atoms. The number of likely N-dealkylation sites (tertiary alicyclic amines) is 1. The van der Waals surface area contributed by atoms with Crippen molar-refractivity contribution in [2.24, 2.45) is 5.92 Å². The smallest absolute Gasteiger partial charge is 0.223 e. The molecule has 1 heterocycles. The van der Waals surface area contributed by atoms with Gasteiger partial charge in [0, 0.05) is 5.92 Å². The minimum atomic E-state index is 0.0280. The normalized spacial score (nSPS) is 19.8. The van der Waals surface area contributed by atoms with Gasteiger partial charge in [-0.2, -0.15) is 0 Å². The van der Waals surface area contributed by atoms with E-state index in [1.54, 1.807) is 0 Å². The Morgan fingerprint density at radius 1 is 1.54 bits per heavy atom. The van der Waals surface area contributed by atoms with Crippen molar-refractivity contribution in [1.82, 2.24) is 10.2 Å². The van der Waals surface area contributed by atoms with Gasteiger partial charge in [-0.1, -0.05) is 0 Å². The Balaban J connectivity index is 2.27. The highest BCUT2D eigenvalue weighted by molar-refractivity contribution is 5.80. The average molecular weight is 184 g/mol. The molecule has 0 aliphatic carbocycles. The molecular weight excluding hydrogens is 168 g/mol. The van der Waals surface area contributed by atoms with Crippen LogP contribution in [0.15, 0.2) is 0 Å². The molecule has 0 aromatic heterocycles. The first-order valence-electron chi connectivity index (χ1n) is 4.64. The lowest BCUT2D eigenvalue weighted by Crippen LogP contribution is -2.39. The van der Waals surface area contributed by atoms with Gasteiger partial charge in [0.15, 0.2) is 0 Å². The molecule has 1 N–H and O–H groups in total. The maximum Gasteiger partial charge on any atom is 0.223 e. The first-order valence-corrected chi connectivity index (χ1v) is 4.64. The zero-order valence-electron chi connectivity index (χ0n) is 7.95. The van der Waals surface area contributed by atoms with Crippen molar-refractivity contribution in [1.29, 1.82) is 0 Å². The first-order chi connectivity index (χ1) is 6.24. The third kappa shape index (κ3) is 3.14. The molecule has 0 saturated carbocycles. The molecule has 0 spiro atoms. The van der Waals surface area contributed by atoms with Crippen molar-refractivity contribution in [3.05, 3.63) is 0 Å². The number of rotatable bonds is 3. The molecule has 0 radical (unpaired) electrons. The Morgan fingerprint density at radius 3 is 2.69 bits per heavy atom. The average Bonchev–Trinajstić information content (AvgIpc) is 2.15. The van der Waals surface area contributed by atoms with E-state index in [0.29, 0.717) is 6.29 Å². The Morgan fingerprint density at radius 2 is 2.15 bits per heavy atom. The molecule has 0 unspecified atom stereocenters. The van der Waals surface area contributed by atoms with Gasteiger partial charge in [0.25, 0.3) is 0 Å². The fourth-order valence-electron chi connectivity index (χ4n) is 1.56. The van der Waals surface area contributed by atoms with E-state index in [9.17, 15) is 9.59 Å². The van der Waals surface area contributed by atoms with Crippen LogP contribution < -0.4 is 5.32 Å². The van der Waals surface area contributed by atoms with Crippen LogP contribution >= 0.6 is 0 Å². The molecular formula is C9H16N2O2. The van der Waals surface area contributed by atoms with Crippen LogP contribution in [-0.4, -0.2) is 43.8 Å². The number of piperidine rings is 1. The molecule has 1 aliphatic heterocycles. The van der Waals surface area contributed by atoms with Crippen LogP contribution in [0.2, 0.25) is 0 Å². The van der Waals surface area contributed by atoms with E-state index in [1.807, 2.05) is 0 Å². The standard InChI is InChI=1S/C9H16N2O2/c1-11-5-2-8(3-6-11)9(13)10-4-7-12/h7-8H,2-6H2,1H3,(H,10,13). The second-order valence-corrected chi connectivity index (χ2v) is 3.49. The molecule has 13 heavy (non-hydrogen) atoms. The topological polar surface area (TPSA) is 49.4 Å². The summed E-state index contributed by atoms with van der Waals surface area (Å²) in [5, 5.41) is 2.59. The summed E-state index contributed by atoms with van der Waals surface area (Å²) < 4.78 is 0. The summed E-state index contributed by atoms with van der Waals surface area (Å²) >= 11 is 0. The summed E-state index contributed by atoms with van der Waals surface area (Å²) in [4.78, 5) is 23.6. The second kappa shape index (κ2) is 4.97. The van der Waals surface area contributed by atoms with Gasteiger partial charge in [-0.15, -0.1) is 0 Å². The lowest BCUT2D eigenvalue weighted by Gasteiger charge is -2.27. The van der Waals surface area contributed by atoms with Crippen LogP contribution in [0.1, 0.15) is 12.8 Å². The van der Waals surface area contributed by atoms with E-state index in [4.69, 9.17) is 0 Å². The molecule has 1 aliphatic rings. The van der Waals surface area contributed by atoms with Crippen LogP contribution in [-0.2, 0) is 9.59 Å². The van der Waals surface area contributed by atoms with Gasteiger partial charge >= 0.3 is 0 Å². The van der Waals surface area contributed by atoms with Crippen LogP contribution in [0.3, 0.4) is 0 Å². The van der Waals surface area contributed by atoms with Crippen molar-refractivity contribution in [2.45, 2.75) is 12.8 Å². The van der Waals surface area contributed by atoms with Gasteiger partial charge in [-0.3, -0.25) is 4.79 Å². The molecule has 4 heteroatoms. The van der Waals surface area contributed by atoms with Gasteiger partial charge in [0.05, 0.1) is 6.54 Å². The van der Waals surface area contributed by atoms with E-state index in [2.05, 4.69) is 17.3 Å². The number of hydrogen-bond donors (Lipinski definition) is 1. The molecule has 1 fully saturated rings. The summed E-state index contributed by atoms with van der Waals surface area (Å²) in [5.74, 6) is 0.136. The van der Waals surface area contributed by atoms with Crippen molar-refractivity contribution in [3.63, 3.8) is 0 Å². The minimum Gasteiger partial charge on any atom is -0.349 e. The van der Waals surface area contributed by atoms with Crippen molar-refractivity contribution in [2.75, 3.05) is 26.7 Å². The monoisotopic (exact) mass is 184 g/mol. The highest BCUT2D eigenvalue weighted by Gasteiger charge is 2.22. The summed E-state index contributed by atoms with van der Waals surface area (Å²) in [5.41, 5.74) is 0. The van der Waals surface area contributed by atoms with E-state index in [1.165, 1.54) is 0 Å². The zero-order valence-corrected chi connectivity index (χ0v) is 7.95. The van der Waals surface area contributed by atoms with Crippen LogP contribution in [0.25, 0.3) is 0 Å². The summed E-state index contributed by atoms with van der Waals surface area (Å²) in [7, 11) is 2.06. The second-order valence-electron chi connectivity index (χ2n) is 3.49. The number of carbonyl (C=O) groups excluding carboxylic acids is 2. The van der Waals surface area contributed by atoms with Crippen molar-refractivity contribution in [3.8, 4) is 0 Å². The predicted octanol–water partition coefficient (Wildman–Crippen LogP) is -0.357. The maximum atomic E-state index is 11.4.